The van der Waals surface area contributed by atoms with E-state index in [0.29, 0.717) is 6.42 Å². The number of rotatable bonds is 10. The highest BCUT2D eigenvalue weighted by molar-refractivity contribution is 7.54. The molecule has 0 saturated heterocycles. The normalized spacial score (nSPS) is 12.4. The zero-order valence-corrected chi connectivity index (χ0v) is 16.6. The molecule has 0 radical (unpaired) electrons. The Hall–Kier alpha value is -2.14. The van der Waals surface area contributed by atoms with E-state index >= 15 is 0 Å². The highest BCUT2D eigenvalue weighted by atomic mass is 31.2. The number of carbonyl (C=O) groups is 1. The molecule has 0 fully saturated rings. The van der Waals surface area contributed by atoms with Gasteiger partial charge in [0.1, 0.15) is 12.4 Å². The van der Waals surface area contributed by atoms with Gasteiger partial charge in [-0.15, -0.1) is 0 Å². The van der Waals surface area contributed by atoms with E-state index in [0.717, 1.165) is 11.1 Å². The van der Waals surface area contributed by atoms with Crippen molar-refractivity contribution in [3.05, 3.63) is 71.8 Å². The van der Waals surface area contributed by atoms with Gasteiger partial charge in [0.2, 0.25) is 0 Å². The van der Waals surface area contributed by atoms with Gasteiger partial charge in [-0.2, -0.15) is 0 Å². The van der Waals surface area contributed by atoms with Crippen LogP contribution in [-0.2, 0) is 31.4 Å². The van der Waals surface area contributed by atoms with Crippen LogP contribution in [0.3, 0.4) is 0 Å². The zero-order chi connectivity index (χ0) is 19.5. The molecule has 0 aliphatic carbocycles. The number of carbonyl (C=O) groups excluding carboxylic acids is 1. The molecule has 1 unspecified atom stereocenters. The average molecular weight is 391 g/mol. The molecule has 0 aromatic heterocycles. The van der Waals surface area contributed by atoms with E-state index in [1.54, 1.807) is 13.8 Å². The highest BCUT2D eigenvalue weighted by Crippen LogP contribution is 2.52. The molecular weight excluding hydrogens is 365 g/mol. The molecule has 0 aliphatic heterocycles. The summed E-state index contributed by atoms with van der Waals surface area (Å²) in [5.41, 5.74) is 1.77. The average Bonchev–Trinajstić information content (AvgIpc) is 2.68. The molecule has 146 valence electrons. The van der Waals surface area contributed by atoms with Crippen LogP contribution in [0.2, 0.25) is 0 Å². The number of ether oxygens (including phenoxy) is 1. The lowest BCUT2D eigenvalue weighted by Crippen LogP contribution is -2.37. The Kier molecular flexibility index (Phi) is 8.52. The summed E-state index contributed by atoms with van der Waals surface area (Å²) in [4.78, 5) is 12.3. The molecule has 2 aromatic carbocycles. The Bertz CT molecular complexity index is 729. The topological polar surface area (TPSA) is 73.9 Å². The Morgan fingerprint density at radius 1 is 0.926 bits per heavy atom. The van der Waals surface area contributed by atoms with Crippen molar-refractivity contribution in [2.24, 2.45) is 0 Å². The first-order chi connectivity index (χ1) is 13.1. The molecular formula is C20H26NO5P. The van der Waals surface area contributed by atoms with Gasteiger partial charge in [-0.25, -0.2) is 4.79 Å². The molecule has 0 saturated carbocycles. The molecule has 7 heteroatoms. The minimum absolute atomic E-state index is 0.123. The number of benzene rings is 2. The molecule has 0 spiro atoms. The zero-order valence-electron chi connectivity index (χ0n) is 15.7. The Morgan fingerprint density at radius 3 is 1.96 bits per heavy atom. The number of alkyl carbamates (subject to hydrolysis) is 1. The van der Waals surface area contributed by atoms with Crippen LogP contribution in [-0.4, -0.2) is 25.1 Å². The summed E-state index contributed by atoms with van der Waals surface area (Å²) in [5, 5.41) is 2.67. The largest absolute Gasteiger partial charge is 0.445 e. The second-order valence-corrected chi connectivity index (χ2v) is 8.01. The van der Waals surface area contributed by atoms with Crippen molar-refractivity contribution < 1.29 is 23.1 Å². The molecule has 0 aliphatic rings. The molecule has 0 heterocycles. The number of amides is 1. The van der Waals surface area contributed by atoms with E-state index in [2.05, 4.69) is 5.32 Å². The maximum absolute atomic E-state index is 13.2. The van der Waals surface area contributed by atoms with Gasteiger partial charge in [-0.1, -0.05) is 60.7 Å². The van der Waals surface area contributed by atoms with E-state index in [4.69, 9.17) is 13.8 Å². The summed E-state index contributed by atoms with van der Waals surface area (Å²) in [6, 6.07) is 18.8. The van der Waals surface area contributed by atoms with Crippen LogP contribution >= 0.6 is 7.60 Å². The Labute approximate surface area is 160 Å². The third-order valence-electron chi connectivity index (χ3n) is 3.77. The fourth-order valence-corrected chi connectivity index (χ4v) is 4.41. The van der Waals surface area contributed by atoms with Crippen LogP contribution in [0.25, 0.3) is 0 Å². The maximum Gasteiger partial charge on any atom is 0.408 e. The SMILES string of the molecule is CCOP(=O)(OCC)C(Cc1ccccc1)NC(=O)OCc1ccccc1. The summed E-state index contributed by atoms with van der Waals surface area (Å²) < 4.78 is 29.3. The smallest absolute Gasteiger partial charge is 0.408 e. The van der Waals surface area contributed by atoms with Crippen LogP contribution in [0.4, 0.5) is 4.79 Å². The van der Waals surface area contributed by atoms with Crippen molar-refractivity contribution >= 4 is 13.7 Å². The van der Waals surface area contributed by atoms with Gasteiger partial charge in [0, 0.05) is 6.42 Å². The lowest BCUT2D eigenvalue weighted by molar-refractivity contribution is 0.134. The quantitative estimate of drug-likeness (QED) is 0.592. The predicted octanol–water partition coefficient (Wildman–Crippen LogP) is 4.75. The summed E-state index contributed by atoms with van der Waals surface area (Å²) in [6.45, 7) is 4.02. The van der Waals surface area contributed by atoms with Gasteiger partial charge in [0.25, 0.3) is 0 Å². The van der Waals surface area contributed by atoms with E-state index < -0.39 is 19.5 Å². The first-order valence-corrected chi connectivity index (χ1v) is 10.6. The Balaban J connectivity index is 2.10. The van der Waals surface area contributed by atoms with E-state index in [1.807, 2.05) is 60.7 Å². The van der Waals surface area contributed by atoms with Crippen LogP contribution in [0, 0.1) is 0 Å². The van der Waals surface area contributed by atoms with Crippen molar-refractivity contribution in [1.82, 2.24) is 5.32 Å². The minimum Gasteiger partial charge on any atom is -0.445 e. The second kappa shape index (κ2) is 10.9. The Morgan fingerprint density at radius 2 is 1.44 bits per heavy atom. The third-order valence-corrected chi connectivity index (χ3v) is 6.08. The molecule has 0 bridgehead atoms. The molecule has 1 N–H and O–H groups in total. The third kappa shape index (κ3) is 6.83. The van der Waals surface area contributed by atoms with Crippen molar-refractivity contribution in [3.63, 3.8) is 0 Å². The second-order valence-electron chi connectivity index (χ2n) is 5.79. The lowest BCUT2D eigenvalue weighted by Gasteiger charge is -2.27. The highest BCUT2D eigenvalue weighted by Gasteiger charge is 2.37. The molecule has 6 nitrogen and oxygen atoms in total. The standard InChI is InChI=1S/C20H26NO5P/c1-3-25-27(23,26-4-2)19(15-17-11-7-5-8-12-17)21-20(22)24-16-18-13-9-6-10-14-18/h5-14,19H,3-4,15-16H2,1-2H3,(H,21,22). The van der Waals surface area contributed by atoms with Gasteiger partial charge >= 0.3 is 13.7 Å². The fourth-order valence-electron chi connectivity index (χ4n) is 2.56. The number of hydrogen-bond acceptors (Lipinski definition) is 5. The number of hydrogen-bond donors (Lipinski definition) is 1. The summed E-state index contributed by atoms with van der Waals surface area (Å²) in [5.74, 6) is -0.844. The van der Waals surface area contributed by atoms with Crippen molar-refractivity contribution in [3.8, 4) is 0 Å². The molecule has 2 aromatic rings. The van der Waals surface area contributed by atoms with Crippen molar-refractivity contribution in [1.29, 1.82) is 0 Å². The van der Waals surface area contributed by atoms with Gasteiger partial charge in [-0.3, -0.25) is 4.57 Å². The summed E-state index contributed by atoms with van der Waals surface area (Å²) in [6.07, 6.45) is -0.363. The van der Waals surface area contributed by atoms with Gasteiger partial charge in [0.15, 0.2) is 0 Å². The van der Waals surface area contributed by atoms with Crippen molar-refractivity contribution in [2.75, 3.05) is 13.2 Å². The van der Waals surface area contributed by atoms with Crippen LogP contribution < -0.4 is 5.32 Å². The first kappa shape index (κ1) is 21.2. The van der Waals surface area contributed by atoms with Crippen LogP contribution in [0.1, 0.15) is 25.0 Å². The predicted molar refractivity (Wildman–Crippen MR) is 105 cm³/mol. The molecule has 27 heavy (non-hydrogen) atoms. The lowest BCUT2D eigenvalue weighted by atomic mass is 10.1. The number of nitrogens with one attached hydrogen (secondary N) is 1. The van der Waals surface area contributed by atoms with Gasteiger partial charge < -0.3 is 19.1 Å². The van der Waals surface area contributed by atoms with Gasteiger partial charge in [-0.05, 0) is 25.0 Å². The first-order valence-electron chi connectivity index (χ1n) is 8.97. The molecule has 2 rings (SSSR count). The maximum atomic E-state index is 13.2. The van der Waals surface area contributed by atoms with Crippen LogP contribution in [0.15, 0.2) is 60.7 Å². The van der Waals surface area contributed by atoms with E-state index in [1.165, 1.54) is 0 Å². The minimum atomic E-state index is -3.56. The van der Waals surface area contributed by atoms with Crippen LogP contribution in [0.5, 0.6) is 0 Å². The monoisotopic (exact) mass is 391 g/mol. The summed E-state index contributed by atoms with van der Waals surface area (Å²) in [7, 11) is -3.56. The summed E-state index contributed by atoms with van der Waals surface area (Å²) >= 11 is 0. The van der Waals surface area contributed by atoms with Crippen molar-refractivity contribution in [2.45, 2.75) is 32.7 Å². The van der Waals surface area contributed by atoms with E-state index in [-0.39, 0.29) is 19.8 Å². The fraction of sp³-hybridized carbons (Fsp3) is 0.350. The molecule has 1 amide bonds. The van der Waals surface area contributed by atoms with Gasteiger partial charge in [0.05, 0.1) is 13.2 Å². The van der Waals surface area contributed by atoms with E-state index in [9.17, 15) is 9.36 Å². The molecule has 1 atom stereocenters.